The van der Waals surface area contributed by atoms with Gasteiger partial charge in [0.15, 0.2) is 5.16 Å². The quantitative estimate of drug-likeness (QED) is 0.573. The van der Waals surface area contributed by atoms with Crippen LogP contribution in [-0.4, -0.2) is 33.7 Å². The minimum atomic E-state index is -0.182. The van der Waals surface area contributed by atoms with Crippen molar-refractivity contribution in [1.29, 1.82) is 0 Å². The Kier molecular flexibility index (Phi) is 6.73. The highest BCUT2D eigenvalue weighted by molar-refractivity contribution is 7.99. The number of thioether (sulfide) groups is 1. The van der Waals surface area contributed by atoms with E-state index in [2.05, 4.69) is 15.6 Å². The average molecular weight is 415 g/mol. The number of amides is 2. The molecule has 0 bridgehead atoms. The van der Waals surface area contributed by atoms with Crippen LogP contribution in [0, 0.1) is 0 Å². The molecule has 0 atom stereocenters. The van der Waals surface area contributed by atoms with Crippen LogP contribution in [0.25, 0.3) is 5.69 Å². The summed E-state index contributed by atoms with van der Waals surface area (Å²) in [7, 11) is 0. The van der Waals surface area contributed by atoms with Gasteiger partial charge in [-0.25, -0.2) is 4.98 Å². The third kappa shape index (κ3) is 5.15. The average Bonchev–Trinajstić information content (AvgIpc) is 3.15. The topological polar surface area (TPSA) is 76.0 Å². The van der Waals surface area contributed by atoms with Crippen molar-refractivity contribution in [3.8, 4) is 5.69 Å². The standard InChI is InChI=1S/C20H19ClN4O2S/c1-2-22-19(27)14-5-3-7-16(11-14)24-18(26)13-28-20-23-9-10-25(20)17-8-4-6-15(21)12-17/h3-12H,2,13H2,1H3,(H,22,27)(H,24,26). The number of anilines is 1. The fourth-order valence-electron chi connectivity index (χ4n) is 2.55. The number of imidazole rings is 1. The van der Waals surface area contributed by atoms with Crippen molar-refractivity contribution in [3.63, 3.8) is 0 Å². The number of hydrogen-bond acceptors (Lipinski definition) is 4. The molecule has 1 heterocycles. The Morgan fingerprint density at radius 3 is 2.79 bits per heavy atom. The van der Waals surface area contributed by atoms with Crippen LogP contribution in [0.2, 0.25) is 5.02 Å². The molecule has 0 saturated carbocycles. The largest absolute Gasteiger partial charge is 0.352 e. The van der Waals surface area contributed by atoms with Crippen molar-refractivity contribution >= 4 is 40.9 Å². The number of carbonyl (C=O) groups excluding carboxylic acids is 2. The SMILES string of the molecule is CCNC(=O)c1cccc(NC(=O)CSc2nccn2-c2cccc(Cl)c2)c1. The first-order valence-corrected chi connectivity index (χ1v) is 10.0. The van der Waals surface area contributed by atoms with E-state index in [1.54, 1.807) is 36.5 Å². The van der Waals surface area contributed by atoms with Gasteiger partial charge >= 0.3 is 0 Å². The molecular weight excluding hydrogens is 396 g/mol. The molecule has 144 valence electrons. The Morgan fingerprint density at radius 1 is 1.18 bits per heavy atom. The lowest BCUT2D eigenvalue weighted by molar-refractivity contribution is -0.113. The van der Waals surface area contributed by atoms with Gasteiger partial charge in [-0.2, -0.15) is 0 Å². The molecule has 0 aliphatic heterocycles. The van der Waals surface area contributed by atoms with Crippen molar-refractivity contribution < 1.29 is 9.59 Å². The van der Waals surface area contributed by atoms with Gasteiger partial charge in [0.1, 0.15) is 0 Å². The highest BCUT2D eigenvalue weighted by atomic mass is 35.5. The van der Waals surface area contributed by atoms with E-state index < -0.39 is 0 Å². The maximum absolute atomic E-state index is 12.3. The lowest BCUT2D eigenvalue weighted by Crippen LogP contribution is -2.23. The van der Waals surface area contributed by atoms with Gasteiger partial charge in [-0.3, -0.25) is 14.2 Å². The third-order valence-electron chi connectivity index (χ3n) is 3.77. The second-order valence-electron chi connectivity index (χ2n) is 5.84. The maximum Gasteiger partial charge on any atom is 0.251 e. The second-order valence-corrected chi connectivity index (χ2v) is 7.22. The fourth-order valence-corrected chi connectivity index (χ4v) is 3.50. The maximum atomic E-state index is 12.3. The van der Waals surface area contributed by atoms with Gasteiger partial charge in [-0.1, -0.05) is 35.5 Å². The molecule has 0 aliphatic rings. The molecule has 3 aromatic rings. The summed E-state index contributed by atoms with van der Waals surface area (Å²) in [5.41, 5.74) is 1.96. The second kappa shape index (κ2) is 9.43. The number of rotatable bonds is 7. The van der Waals surface area contributed by atoms with E-state index in [1.165, 1.54) is 11.8 Å². The van der Waals surface area contributed by atoms with Crippen LogP contribution >= 0.6 is 23.4 Å². The number of halogens is 1. The number of aromatic nitrogens is 2. The van der Waals surface area contributed by atoms with E-state index in [-0.39, 0.29) is 17.6 Å². The first-order valence-electron chi connectivity index (χ1n) is 8.67. The Labute approximate surface area is 172 Å². The van der Waals surface area contributed by atoms with Crippen LogP contribution < -0.4 is 10.6 Å². The lowest BCUT2D eigenvalue weighted by atomic mass is 10.2. The van der Waals surface area contributed by atoms with Crippen LogP contribution in [0.1, 0.15) is 17.3 Å². The fraction of sp³-hybridized carbons (Fsp3) is 0.150. The van der Waals surface area contributed by atoms with Crippen LogP contribution in [0.5, 0.6) is 0 Å². The van der Waals surface area contributed by atoms with Gasteiger partial charge in [0.2, 0.25) is 5.91 Å². The number of benzene rings is 2. The summed E-state index contributed by atoms with van der Waals surface area (Å²) in [6, 6.07) is 14.3. The van der Waals surface area contributed by atoms with E-state index in [0.29, 0.717) is 28.0 Å². The zero-order chi connectivity index (χ0) is 19.9. The molecule has 6 nitrogen and oxygen atoms in total. The van der Waals surface area contributed by atoms with Gasteiger partial charge in [0, 0.05) is 40.9 Å². The number of nitrogens with one attached hydrogen (secondary N) is 2. The predicted molar refractivity (Wildman–Crippen MR) is 112 cm³/mol. The van der Waals surface area contributed by atoms with Gasteiger partial charge in [0.05, 0.1) is 5.75 Å². The minimum Gasteiger partial charge on any atom is -0.352 e. The Hall–Kier alpha value is -2.77. The molecule has 2 N–H and O–H groups in total. The summed E-state index contributed by atoms with van der Waals surface area (Å²) in [6.45, 7) is 2.40. The highest BCUT2D eigenvalue weighted by Crippen LogP contribution is 2.22. The molecule has 0 fully saturated rings. The summed E-state index contributed by atoms with van der Waals surface area (Å²) in [6.07, 6.45) is 3.50. The van der Waals surface area contributed by atoms with E-state index in [1.807, 2.05) is 35.9 Å². The molecule has 3 rings (SSSR count). The molecule has 1 aromatic heterocycles. The monoisotopic (exact) mass is 414 g/mol. The molecule has 8 heteroatoms. The van der Waals surface area contributed by atoms with Crippen molar-refractivity contribution in [1.82, 2.24) is 14.9 Å². The van der Waals surface area contributed by atoms with Crippen LogP contribution in [-0.2, 0) is 4.79 Å². The van der Waals surface area contributed by atoms with E-state index in [4.69, 9.17) is 11.6 Å². The zero-order valence-corrected chi connectivity index (χ0v) is 16.8. The van der Waals surface area contributed by atoms with Crippen LogP contribution in [0.4, 0.5) is 5.69 Å². The number of carbonyl (C=O) groups is 2. The molecular formula is C20H19ClN4O2S. The first-order chi connectivity index (χ1) is 13.6. The van der Waals surface area contributed by atoms with Crippen molar-refractivity contribution in [2.24, 2.45) is 0 Å². The first kappa shape index (κ1) is 20.0. The molecule has 0 saturated heterocycles. The molecule has 0 radical (unpaired) electrons. The van der Waals surface area contributed by atoms with Crippen LogP contribution in [0.15, 0.2) is 66.1 Å². The Balaban J connectivity index is 1.62. The summed E-state index contributed by atoms with van der Waals surface area (Å²) in [5.74, 6) is -0.168. The normalized spacial score (nSPS) is 10.5. The molecule has 0 aliphatic carbocycles. The summed E-state index contributed by atoms with van der Waals surface area (Å²) >= 11 is 7.37. The Bertz CT molecular complexity index is 990. The summed E-state index contributed by atoms with van der Waals surface area (Å²) in [4.78, 5) is 28.5. The van der Waals surface area contributed by atoms with Crippen molar-refractivity contribution in [2.45, 2.75) is 12.1 Å². The Morgan fingerprint density at radius 2 is 2.00 bits per heavy atom. The summed E-state index contributed by atoms with van der Waals surface area (Å²) in [5, 5.41) is 6.87. The van der Waals surface area contributed by atoms with Gasteiger partial charge < -0.3 is 10.6 Å². The van der Waals surface area contributed by atoms with Gasteiger partial charge in [-0.15, -0.1) is 0 Å². The van der Waals surface area contributed by atoms with Gasteiger partial charge in [-0.05, 0) is 43.3 Å². The highest BCUT2D eigenvalue weighted by Gasteiger charge is 2.11. The molecule has 0 spiro atoms. The molecule has 2 aromatic carbocycles. The molecule has 0 unspecified atom stereocenters. The summed E-state index contributed by atoms with van der Waals surface area (Å²) < 4.78 is 1.87. The van der Waals surface area contributed by atoms with Crippen molar-refractivity contribution in [2.75, 3.05) is 17.6 Å². The van der Waals surface area contributed by atoms with E-state index in [0.717, 1.165) is 5.69 Å². The minimum absolute atomic E-state index is 0.170. The molecule has 2 amide bonds. The van der Waals surface area contributed by atoms with E-state index in [9.17, 15) is 9.59 Å². The van der Waals surface area contributed by atoms with Crippen LogP contribution in [0.3, 0.4) is 0 Å². The van der Waals surface area contributed by atoms with E-state index >= 15 is 0 Å². The predicted octanol–water partition coefficient (Wildman–Crippen LogP) is 4.01. The molecule has 28 heavy (non-hydrogen) atoms. The smallest absolute Gasteiger partial charge is 0.251 e. The van der Waals surface area contributed by atoms with Crippen molar-refractivity contribution in [3.05, 3.63) is 71.5 Å². The van der Waals surface area contributed by atoms with Gasteiger partial charge in [0.25, 0.3) is 5.91 Å². The lowest BCUT2D eigenvalue weighted by Gasteiger charge is -2.09. The zero-order valence-electron chi connectivity index (χ0n) is 15.2. The number of hydrogen-bond donors (Lipinski definition) is 2. The number of nitrogens with zero attached hydrogens (tertiary/aromatic N) is 2. The third-order valence-corrected chi connectivity index (χ3v) is 4.97.